The number of aryl methyl sites for hydroxylation is 1. The van der Waals surface area contributed by atoms with Gasteiger partial charge in [0.1, 0.15) is 11.8 Å². The summed E-state index contributed by atoms with van der Waals surface area (Å²) in [6.45, 7) is 7.22. The van der Waals surface area contributed by atoms with E-state index in [0.29, 0.717) is 20.9 Å². The van der Waals surface area contributed by atoms with E-state index in [-0.39, 0.29) is 12.0 Å². The first-order valence-electron chi connectivity index (χ1n) is 11.0. The zero-order valence-corrected chi connectivity index (χ0v) is 20.6. The van der Waals surface area contributed by atoms with Gasteiger partial charge in [-0.1, -0.05) is 48.0 Å². The highest BCUT2D eigenvalue weighted by molar-refractivity contribution is 7.85. The molecule has 6 heteroatoms. The van der Waals surface area contributed by atoms with Gasteiger partial charge in [-0.05, 0) is 63.6 Å². The molecule has 0 bridgehead atoms. The van der Waals surface area contributed by atoms with Crippen LogP contribution in [0.3, 0.4) is 0 Å². The van der Waals surface area contributed by atoms with E-state index >= 15 is 4.39 Å². The number of hydrogen-bond acceptors (Lipinski definition) is 4. The number of nitriles is 1. The second-order valence-electron chi connectivity index (χ2n) is 9.15. The number of benzene rings is 3. The lowest BCUT2D eigenvalue weighted by Gasteiger charge is -2.25. The first-order valence-corrected chi connectivity index (χ1v) is 12.2. The number of rotatable bonds is 7. The van der Waals surface area contributed by atoms with Gasteiger partial charge in [0.15, 0.2) is 0 Å². The Morgan fingerprint density at radius 3 is 2.24 bits per heavy atom. The van der Waals surface area contributed by atoms with Crippen molar-refractivity contribution < 1.29 is 18.1 Å². The van der Waals surface area contributed by atoms with Crippen LogP contribution in [0.25, 0.3) is 0 Å². The molecular formula is C28H28FNO3S. The van der Waals surface area contributed by atoms with Crippen molar-refractivity contribution in [3.05, 3.63) is 95.1 Å². The van der Waals surface area contributed by atoms with Crippen LogP contribution in [0, 0.1) is 18.3 Å². The average Bonchev–Trinajstić information content (AvgIpc) is 2.81. The van der Waals surface area contributed by atoms with Crippen LogP contribution in [0.15, 0.2) is 82.6 Å². The van der Waals surface area contributed by atoms with E-state index in [1.807, 2.05) is 25.1 Å². The van der Waals surface area contributed by atoms with Crippen LogP contribution in [-0.2, 0) is 20.3 Å². The Kier molecular flexibility index (Phi) is 8.01. The summed E-state index contributed by atoms with van der Waals surface area (Å²) in [5.41, 5.74) is 1.60. The highest BCUT2D eigenvalue weighted by atomic mass is 32.2. The molecule has 0 aliphatic heterocycles. The number of carbonyl (C=O) groups excluding carboxylic acids is 1. The molecule has 0 heterocycles. The molecule has 0 spiro atoms. The molecule has 0 aliphatic rings. The van der Waals surface area contributed by atoms with Crippen molar-refractivity contribution in [2.24, 2.45) is 0 Å². The molecule has 176 valence electrons. The molecule has 34 heavy (non-hydrogen) atoms. The van der Waals surface area contributed by atoms with Gasteiger partial charge >= 0.3 is 5.97 Å². The summed E-state index contributed by atoms with van der Waals surface area (Å²) in [6, 6.07) is 22.5. The maximum atomic E-state index is 16.3. The minimum atomic E-state index is -1.62. The molecule has 0 aliphatic carbocycles. The van der Waals surface area contributed by atoms with Crippen LogP contribution < -0.4 is 0 Å². The Hall–Kier alpha value is -3.30. The molecule has 0 amide bonds. The molecule has 3 atom stereocenters. The van der Waals surface area contributed by atoms with Crippen molar-refractivity contribution in [2.75, 3.05) is 0 Å². The summed E-state index contributed by atoms with van der Waals surface area (Å²) < 4.78 is 35.1. The molecule has 0 radical (unpaired) electrons. The van der Waals surface area contributed by atoms with Crippen molar-refractivity contribution in [3.63, 3.8) is 0 Å². The van der Waals surface area contributed by atoms with Crippen molar-refractivity contribution in [2.45, 2.75) is 61.6 Å². The first-order chi connectivity index (χ1) is 16.1. The highest BCUT2D eigenvalue weighted by Gasteiger charge is 2.32. The van der Waals surface area contributed by atoms with E-state index in [1.54, 1.807) is 81.4 Å². The van der Waals surface area contributed by atoms with E-state index in [1.165, 1.54) is 0 Å². The number of ether oxygens (including phenoxy) is 1. The highest BCUT2D eigenvalue weighted by Crippen LogP contribution is 2.40. The van der Waals surface area contributed by atoms with Crippen LogP contribution in [0.5, 0.6) is 0 Å². The first kappa shape index (κ1) is 25.3. The zero-order valence-electron chi connectivity index (χ0n) is 19.7. The third-order valence-corrected chi connectivity index (χ3v) is 6.75. The van der Waals surface area contributed by atoms with E-state index < -0.39 is 34.5 Å². The Balaban J connectivity index is 2.01. The number of hydrogen-bond donors (Lipinski definition) is 0. The van der Waals surface area contributed by atoms with Gasteiger partial charge in [-0.25, -0.2) is 8.60 Å². The SMILES string of the molecule is Cc1ccc([S@](=O)c2ccccc2[C@H](F)[C@H](CC(=O)OC(C)(C)C)c2ccc(C#N)cc2)cc1. The second kappa shape index (κ2) is 10.8. The fraction of sp³-hybridized carbons (Fsp3) is 0.286. The third kappa shape index (κ3) is 6.39. The monoisotopic (exact) mass is 477 g/mol. The van der Waals surface area contributed by atoms with Crippen LogP contribution >= 0.6 is 0 Å². The molecule has 3 rings (SSSR count). The summed E-state index contributed by atoms with van der Waals surface area (Å²) in [7, 11) is -1.59. The van der Waals surface area contributed by atoms with Gasteiger partial charge in [0, 0.05) is 21.3 Å². The Bertz CT molecular complexity index is 1210. The molecule has 3 aromatic carbocycles. The predicted molar refractivity (Wildman–Crippen MR) is 131 cm³/mol. The van der Waals surface area contributed by atoms with E-state index in [9.17, 15) is 9.00 Å². The van der Waals surface area contributed by atoms with Gasteiger partial charge in [0.2, 0.25) is 0 Å². The summed E-state index contributed by atoms with van der Waals surface area (Å²) in [5, 5.41) is 9.12. The number of esters is 1. The van der Waals surface area contributed by atoms with Gasteiger partial charge in [-0.2, -0.15) is 5.26 Å². The van der Waals surface area contributed by atoms with Gasteiger partial charge in [-0.15, -0.1) is 0 Å². The maximum Gasteiger partial charge on any atom is 0.307 e. The quantitative estimate of drug-likeness (QED) is 0.362. The van der Waals surface area contributed by atoms with Crippen molar-refractivity contribution >= 4 is 16.8 Å². The van der Waals surface area contributed by atoms with Crippen molar-refractivity contribution in [1.29, 1.82) is 5.26 Å². The fourth-order valence-corrected chi connectivity index (χ4v) is 4.87. The Morgan fingerprint density at radius 2 is 1.65 bits per heavy atom. The predicted octanol–water partition coefficient (Wildman–Crippen LogP) is 6.56. The molecule has 0 saturated carbocycles. The number of alkyl halides is 1. The lowest BCUT2D eigenvalue weighted by molar-refractivity contribution is -0.155. The maximum absolute atomic E-state index is 16.3. The molecule has 4 nitrogen and oxygen atoms in total. The van der Waals surface area contributed by atoms with Gasteiger partial charge < -0.3 is 4.74 Å². The average molecular weight is 478 g/mol. The summed E-state index contributed by atoms with van der Waals surface area (Å²) >= 11 is 0. The van der Waals surface area contributed by atoms with Crippen molar-refractivity contribution in [1.82, 2.24) is 0 Å². The third-order valence-electron chi connectivity index (χ3n) is 5.28. The molecule has 3 aromatic rings. The zero-order chi connectivity index (χ0) is 24.9. The molecule has 0 saturated heterocycles. The van der Waals surface area contributed by atoms with Crippen LogP contribution in [0.4, 0.5) is 4.39 Å². The standard InChI is InChI=1S/C28H28FNO3S/c1-19-9-15-22(16-10-19)34(32)25-8-6-5-7-23(25)27(29)24(17-26(31)33-28(2,3)4)21-13-11-20(18-30)12-14-21/h5-16,24,27H,17H2,1-4H3/t24-,27+,34+/m1/s1. The second-order valence-corrected chi connectivity index (χ2v) is 10.6. The van der Waals surface area contributed by atoms with Gasteiger partial charge in [0.25, 0.3) is 0 Å². The molecule has 0 aromatic heterocycles. The topological polar surface area (TPSA) is 67.2 Å². The van der Waals surface area contributed by atoms with E-state index in [4.69, 9.17) is 10.00 Å². The minimum Gasteiger partial charge on any atom is -0.460 e. The summed E-state index contributed by atoms with van der Waals surface area (Å²) in [4.78, 5) is 13.6. The number of halogens is 1. The smallest absolute Gasteiger partial charge is 0.307 e. The summed E-state index contributed by atoms with van der Waals surface area (Å²) in [6.07, 6.45) is -1.82. The number of carbonyl (C=O) groups is 1. The lowest BCUT2D eigenvalue weighted by Crippen LogP contribution is -2.26. The number of nitrogens with zero attached hydrogens (tertiary/aromatic N) is 1. The van der Waals surface area contributed by atoms with Crippen LogP contribution in [0.2, 0.25) is 0 Å². The summed E-state index contributed by atoms with van der Waals surface area (Å²) in [5.74, 6) is -1.40. The van der Waals surface area contributed by atoms with Crippen molar-refractivity contribution in [3.8, 4) is 6.07 Å². The van der Waals surface area contributed by atoms with Gasteiger partial charge in [0.05, 0.1) is 28.9 Å². The fourth-order valence-electron chi connectivity index (χ4n) is 3.64. The molecule has 0 N–H and O–H groups in total. The normalized spacial score (nSPS) is 14.0. The van der Waals surface area contributed by atoms with Crippen LogP contribution in [-0.4, -0.2) is 15.8 Å². The Morgan fingerprint density at radius 1 is 1.03 bits per heavy atom. The van der Waals surface area contributed by atoms with Crippen LogP contribution in [0.1, 0.15) is 61.5 Å². The Labute approximate surface area is 202 Å². The minimum absolute atomic E-state index is 0.199. The van der Waals surface area contributed by atoms with Gasteiger partial charge in [-0.3, -0.25) is 4.79 Å². The van der Waals surface area contributed by atoms with E-state index in [0.717, 1.165) is 5.56 Å². The largest absolute Gasteiger partial charge is 0.460 e. The van der Waals surface area contributed by atoms with E-state index in [2.05, 4.69) is 0 Å². The molecular weight excluding hydrogens is 449 g/mol. The molecule has 0 fully saturated rings. The lowest BCUT2D eigenvalue weighted by atomic mass is 9.87. The molecule has 0 unspecified atom stereocenters.